The standard InChI is InChI=1S/C19H20N2O5.ClH/c1-4-5-8-25-19(24)12-10-14(22)17(23)18-16(12)20-13-7-6-11(21(2)3)9-15(13)26-18;/h6-7,9-10,23H,4-5,8H2,1-3H3;1H. The molecule has 7 nitrogen and oxygen atoms in total. The highest BCUT2D eigenvalue weighted by Gasteiger charge is 2.30. The Morgan fingerprint density at radius 1 is 1.30 bits per heavy atom. The maximum absolute atomic E-state index is 12.4. The minimum atomic E-state index is -0.694. The van der Waals surface area contributed by atoms with E-state index in [1.807, 2.05) is 38.1 Å². The number of hydrogen-bond acceptors (Lipinski definition) is 6. The van der Waals surface area contributed by atoms with Crippen LogP contribution in [0.5, 0.6) is 5.75 Å². The van der Waals surface area contributed by atoms with Gasteiger partial charge >= 0.3 is 5.97 Å². The third-order valence-electron chi connectivity index (χ3n) is 4.12. The summed E-state index contributed by atoms with van der Waals surface area (Å²) in [5.41, 5.74) is 1.56. The zero-order valence-corrected chi connectivity index (χ0v) is 16.1. The molecule has 0 bridgehead atoms. The van der Waals surface area contributed by atoms with Crippen LogP contribution in [0.15, 0.2) is 33.5 Å². The molecular formula is C19H21ClN2O5. The fourth-order valence-electron chi connectivity index (χ4n) is 2.62. The van der Waals surface area contributed by atoms with Gasteiger partial charge in [-0.3, -0.25) is 4.79 Å². The molecule has 1 aromatic rings. The molecule has 1 heterocycles. The summed E-state index contributed by atoms with van der Waals surface area (Å²) >= 11 is 0. The van der Waals surface area contributed by atoms with Gasteiger partial charge in [-0.25, -0.2) is 4.79 Å². The quantitative estimate of drug-likeness (QED) is 0.355. The smallest absolute Gasteiger partial charge is 0.345 e. The average Bonchev–Trinajstić information content (AvgIpc) is 2.63. The van der Waals surface area contributed by atoms with Crippen molar-refractivity contribution in [3.8, 4) is 17.2 Å². The summed E-state index contributed by atoms with van der Waals surface area (Å²) in [6.45, 7) is 2.25. The lowest BCUT2D eigenvalue weighted by Crippen LogP contribution is -3.00. The number of carbonyl (C=O) groups excluding carboxylic acids is 1. The van der Waals surface area contributed by atoms with E-state index in [1.54, 1.807) is 6.07 Å². The summed E-state index contributed by atoms with van der Waals surface area (Å²) in [6, 6.07) is 6.54. The molecule has 0 saturated heterocycles. The van der Waals surface area contributed by atoms with Crippen LogP contribution in [0.1, 0.15) is 30.1 Å². The van der Waals surface area contributed by atoms with Crippen molar-refractivity contribution in [2.24, 2.45) is 0 Å². The fraction of sp³-hybridized carbons (Fsp3) is 0.316. The van der Waals surface area contributed by atoms with E-state index in [2.05, 4.69) is 4.98 Å². The number of H-pyrrole nitrogens is 1. The van der Waals surface area contributed by atoms with Gasteiger partial charge in [0.15, 0.2) is 0 Å². The van der Waals surface area contributed by atoms with Crippen LogP contribution in [0.3, 0.4) is 0 Å². The van der Waals surface area contributed by atoms with E-state index >= 15 is 0 Å². The van der Waals surface area contributed by atoms with Crippen molar-refractivity contribution >= 4 is 22.8 Å². The lowest BCUT2D eigenvalue weighted by atomic mass is 10.1. The number of phenolic OH excluding ortho intramolecular Hbond substituents is 1. The van der Waals surface area contributed by atoms with Crippen LogP contribution in [-0.4, -0.2) is 31.8 Å². The van der Waals surface area contributed by atoms with Crippen LogP contribution in [0.2, 0.25) is 0 Å². The number of aromatic amines is 1. The molecule has 0 aromatic heterocycles. The molecule has 0 fully saturated rings. The average molecular weight is 393 g/mol. The van der Waals surface area contributed by atoms with Gasteiger partial charge < -0.3 is 31.6 Å². The molecule has 0 radical (unpaired) electrons. The van der Waals surface area contributed by atoms with Crippen molar-refractivity contribution in [1.29, 1.82) is 0 Å². The summed E-state index contributed by atoms with van der Waals surface area (Å²) in [6.07, 6.45) is 1.62. The van der Waals surface area contributed by atoms with Gasteiger partial charge in [-0.15, -0.1) is 0 Å². The highest BCUT2D eigenvalue weighted by atomic mass is 35.5. The molecule has 144 valence electrons. The lowest BCUT2D eigenvalue weighted by Gasteiger charge is -2.12. The second kappa shape index (κ2) is 8.26. The summed E-state index contributed by atoms with van der Waals surface area (Å²) in [4.78, 5) is 29.4. The number of phenols is 1. The SMILES string of the molecule is CCCCOC(=O)c1cc(=O)c(O)c2oc3cc(N(C)C)ccc3[nH+]c1-2.[Cl-]. The molecule has 8 heteroatoms. The number of unbranched alkanes of at least 4 members (excludes halogenated alkanes) is 1. The van der Waals surface area contributed by atoms with Crippen molar-refractivity contribution in [2.45, 2.75) is 19.8 Å². The Bertz CT molecular complexity index is 999. The summed E-state index contributed by atoms with van der Waals surface area (Å²) < 4.78 is 11.0. The van der Waals surface area contributed by atoms with Crippen molar-refractivity contribution in [2.75, 3.05) is 25.6 Å². The Kier molecular flexibility index (Phi) is 6.28. The van der Waals surface area contributed by atoms with Gasteiger partial charge in [-0.1, -0.05) is 13.3 Å². The maximum Gasteiger partial charge on any atom is 0.345 e. The molecule has 0 amide bonds. The fourth-order valence-corrected chi connectivity index (χ4v) is 2.62. The number of halogens is 1. The number of rotatable bonds is 5. The van der Waals surface area contributed by atoms with Crippen LogP contribution in [0, 0.1) is 0 Å². The molecule has 2 aliphatic rings. The maximum atomic E-state index is 12.4. The first-order valence-electron chi connectivity index (χ1n) is 8.42. The van der Waals surface area contributed by atoms with Crippen LogP contribution < -0.4 is 27.7 Å². The van der Waals surface area contributed by atoms with Crippen LogP contribution in [0.4, 0.5) is 5.69 Å². The first-order chi connectivity index (χ1) is 12.4. The summed E-state index contributed by atoms with van der Waals surface area (Å²) in [5, 5.41) is 10.1. The number of nitrogens with one attached hydrogen (secondary N) is 1. The monoisotopic (exact) mass is 392 g/mol. The van der Waals surface area contributed by atoms with Gasteiger partial charge in [-0.05, 0) is 12.5 Å². The number of esters is 1. The predicted molar refractivity (Wildman–Crippen MR) is 96.8 cm³/mol. The molecule has 27 heavy (non-hydrogen) atoms. The Morgan fingerprint density at radius 3 is 2.70 bits per heavy atom. The Morgan fingerprint density at radius 2 is 2.04 bits per heavy atom. The number of ether oxygens (including phenoxy) is 1. The molecule has 1 aliphatic carbocycles. The normalized spacial score (nSPS) is 10.6. The van der Waals surface area contributed by atoms with E-state index < -0.39 is 17.1 Å². The van der Waals surface area contributed by atoms with Crippen LogP contribution in [0.25, 0.3) is 22.6 Å². The first-order valence-corrected chi connectivity index (χ1v) is 8.42. The van der Waals surface area contributed by atoms with Gasteiger partial charge in [-0.2, -0.15) is 4.98 Å². The second-order valence-corrected chi connectivity index (χ2v) is 6.27. The number of nitrogens with zero attached hydrogens (tertiary/aromatic N) is 1. The highest BCUT2D eigenvalue weighted by Crippen LogP contribution is 2.31. The van der Waals surface area contributed by atoms with Gasteiger partial charge in [0.1, 0.15) is 5.56 Å². The molecule has 0 saturated carbocycles. The minimum absolute atomic E-state index is 0. The van der Waals surface area contributed by atoms with Crippen LogP contribution in [-0.2, 0) is 4.74 Å². The second-order valence-electron chi connectivity index (χ2n) is 6.27. The van der Waals surface area contributed by atoms with Crippen molar-refractivity contribution < 1.29 is 36.4 Å². The van der Waals surface area contributed by atoms with Crippen molar-refractivity contribution in [1.82, 2.24) is 0 Å². The van der Waals surface area contributed by atoms with Crippen LogP contribution >= 0.6 is 0 Å². The molecule has 3 rings (SSSR count). The van der Waals surface area contributed by atoms with Gasteiger partial charge in [0.2, 0.25) is 28.0 Å². The van der Waals surface area contributed by atoms with Crippen molar-refractivity contribution in [3.63, 3.8) is 0 Å². The van der Waals surface area contributed by atoms with Gasteiger partial charge in [0, 0.05) is 38.0 Å². The molecule has 1 aromatic carbocycles. The van der Waals surface area contributed by atoms with Gasteiger partial charge in [0.05, 0.1) is 6.61 Å². The van der Waals surface area contributed by atoms with E-state index in [0.29, 0.717) is 11.1 Å². The number of aromatic hydroxyl groups is 1. The lowest BCUT2D eigenvalue weighted by molar-refractivity contribution is -0.334. The topological polar surface area (TPSA) is 94.1 Å². The summed E-state index contributed by atoms with van der Waals surface area (Å²) in [5.74, 6) is -1.24. The molecule has 0 unspecified atom stereocenters. The number of fused-ring (bicyclic) bond motifs is 2. The molecule has 2 N–H and O–H groups in total. The molecular weight excluding hydrogens is 372 g/mol. The molecule has 0 atom stereocenters. The number of carbonyl (C=O) groups is 1. The van der Waals surface area contributed by atoms with Gasteiger partial charge in [0.25, 0.3) is 5.69 Å². The number of benzene rings is 2. The van der Waals surface area contributed by atoms with E-state index in [-0.39, 0.29) is 36.0 Å². The Labute approximate surface area is 162 Å². The largest absolute Gasteiger partial charge is 1.00 e. The van der Waals surface area contributed by atoms with E-state index in [4.69, 9.17) is 9.15 Å². The van der Waals surface area contributed by atoms with E-state index in [9.17, 15) is 14.7 Å². The molecule has 1 aliphatic heterocycles. The zero-order valence-electron chi connectivity index (χ0n) is 15.3. The minimum Gasteiger partial charge on any atom is -1.00 e. The van der Waals surface area contributed by atoms with E-state index in [1.165, 1.54) is 0 Å². The zero-order chi connectivity index (χ0) is 18.8. The number of anilines is 1. The third-order valence-corrected chi connectivity index (χ3v) is 4.12. The Balaban J connectivity index is 0.00000261. The molecule has 0 spiro atoms. The first kappa shape index (κ1) is 20.5. The van der Waals surface area contributed by atoms with E-state index in [0.717, 1.165) is 24.6 Å². The number of hydrogen-bond donors (Lipinski definition) is 1. The van der Waals surface area contributed by atoms with Crippen molar-refractivity contribution in [3.05, 3.63) is 40.1 Å². The third kappa shape index (κ3) is 3.98. The summed E-state index contributed by atoms with van der Waals surface area (Å²) in [7, 11) is 3.78. The highest BCUT2D eigenvalue weighted by molar-refractivity contribution is 5.96. The Hall–Kier alpha value is -2.80. The number of aromatic nitrogens is 1. The predicted octanol–water partition coefficient (Wildman–Crippen LogP) is -0.556.